The van der Waals surface area contributed by atoms with Crippen LogP contribution in [0, 0.1) is 5.82 Å². The highest BCUT2D eigenvalue weighted by atomic mass is 19.1. The third kappa shape index (κ3) is 4.76. The Morgan fingerprint density at radius 2 is 1.83 bits per heavy atom. The van der Waals surface area contributed by atoms with Crippen molar-refractivity contribution in [2.24, 2.45) is 0 Å². The van der Waals surface area contributed by atoms with Crippen molar-refractivity contribution in [2.45, 2.75) is 19.9 Å². The molecule has 1 N–H and O–H groups in total. The molecule has 0 aliphatic carbocycles. The number of halogens is 1. The van der Waals surface area contributed by atoms with Crippen molar-refractivity contribution in [1.82, 2.24) is 20.0 Å². The van der Waals surface area contributed by atoms with Gasteiger partial charge in [0.15, 0.2) is 0 Å². The van der Waals surface area contributed by atoms with Crippen molar-refractivity contribution >= 4 is 12.0 Å². The molecule has 2 aliphatic heterocycles. The highest BCUT2D eigenvalue weighted by Gasteiger charge is 2.38. The molecule has 3 rings (SSSR count). The Kier molecular flexibility index (Phi) is 6.87. The average molecular weight is 404 g/mol. The number of esters is 1. The molecule has 1 atom stereocenters. The molecular formula is C21H29FN4O3. The molecule has 2 heterocycles. The number of nitrogens with zero attached hydrogens (tertiary/aromatic N) is 3. The van der Waals surface area contributed by atoms with Crippen LogP contribution in [0.5, 0.6) is 0 Å². The zero-order valence-corrected chi connectivity index (χ0v) is 17.3. The fourth-order valence-corrected chi connectivity index (χ4v) is 3.78. The Morgan fingerprint density at radius 1 is 1.17 bits per heavy atom. The summed E-state index contributed by atoms with van der Waals surface area (Å²) in [7, 11) is 2.08. The molecule has 8 heteroatoms. The van der Waals surface area contributed by atoms with E-state index >= 15 is 0 Å². The first-order valence-electron chi connectivity index (χ1n) is 10.1. The summed E-state index contributed by atoms with van der Waals surface area (Å²) in [5, 5.41) is 2.90. The van der Waals surface area contributed by atoms with Gasteiger partial charge in [-0.25, -0.2) is 14.0 Å². The van der Waals surface area contributed by atoms with Crippen LogP contribution >= 0.6 is 0 Å². The van der Waals surface area contributed by atoms with E-state index in [1.54, 1.807) is 24.0 Å². The number of hydrogen-bond acceptors (Lipinski definition) is 5. The smallest absolute Gasteiger partial charge is 0.338 e. The molecule has 0 saturated carbocycles. The van der Waals surface area contributed by atoms with Crippen LogP contribution in [0.2, 0.25) is 0 Å². The zero-order chi connectivity index (χ0) is 21.0. The number of likely N-dealkylation sites (N-methyl/N-ethyl adjacent to an activating group) is 2. The summed E-state index contributed by atoms with van der Waals surface area (Å²) in [6.45, 7) is 8.38. The second kappa shape index (κ2) is 9.37. The lowest BCUT2D eigenvalue weighted by Gasteiger charge is -2.40. The molecule has 0 aromatic heterocycles. The van der Waals surface area contributed by atoms with E-state index in [0.717, 1.165) is 26.2 Å². The third-order valence-corrected chi connectivity index (χ3v) is 5.42. The number of hydrogen-bond donors (Lipinski definition) is 1. The van der Waals surface area contributed by atoms with Gasteiger partial charge in [-0.3, -0.25) is 9.80 Å². The molecule has 1 fully saturated rings. The third-order valence-electron chi connectivity index (χ3n) is 5.42. The zero-order valence-electron chi connectivity index (χ0n) is 17.3. The van der Waals surface area contributed by atoms with E-state index in [2.05, 4.69) is 22.2 Å². The van der Waals surface area contributed by atoms with Crippen molar-refractivity contribution in [2.75, 3.05) is 52.9 Å². The Morgan fingerprint density at radius 3 is 2.41 bits per heavy atom. The minimum Gasteiger partial charge on any atom is -0.463 e. The molecule has 158 valence electrons. The largest absolute Gasteiger partial charge is 0.463 e. The Labute approximate surface area is 171 Å². The molecule has 0 spiro atoms. The molecule has 0 bridgehead atoms. The summed E-state index contributed by atoms with van der Waals surface area (Å²) >= 11 is 0. The maximum atomic E-state index is 13.4. The highest BCUT2D eigenvalue weighted by Crippen LogP contribution is 2.32. The van der Waals surface area contributed by atoms with Gasteiger partial charge in [0.2, 0.25) is 0 Å². The van der Waals surface area contributed by atoms with Gasteiger partial charge in [0.25, 0.3) is 0 Å². The number of nitrogens with one attached hydrogen (secondary N) is 1. The van der Waals surface area contributed by atoms with Crippen LogP contribution in [0.4, 0.5) is 9.18 Å². The molecule has 0 unspecified atom stereocenters. The highest BCUT2D eigenvalue weighted by molar-refractivity contribution is 5.95. The normalized spacial score (nSPS) is 21.3. The van der Waals surface area contributed by atoms with Crippen LogP contribution in [-0.4, -0.2) is 79.6 Å². The lowest BCUT2D eigenvalue weighted by Crippen LogP contribution is -2.52. The van der Waals surface area contributed by atoms with Crippen molar-refractivity contribution in [3.05, 3.63) is 46.9 Å². The van der Waals surface area contributed by atoms with E-state index in [1.165, 1.54) is 12.1 Å². The fraction of sp³-hybridized carbons (Fsp3) is 0.524. The minimum absolute atomic E-state index is 0.236. The maximum Gasteiger partial charge on any atom is 0.338 e. The number of carbonyl (C=O) groups excluding carboxylic acids is 2. The molecule has 1 aromatic carbocycles. The van der Waals surface area contributed by atoms with E-state index in [-0.39, 0.29) is 18.5 Å². The van der Waals surface area contributed by atoms with E-state index in [4.69, 9.17) is 4.74 Å². The Bertz CT molecular complexity index is 773. The van der Waals surface area contributed by atoms with Gasteiger partial charge in [-0.1, -0.05) is 12.1 Å². The average Bonchev–Trinajstić information content (AvgIpc) is 2.70. The predicted octanol–water partition coefficient (Wildman–Crippen LogP) is 1.98. The monoisotopic (exact) mass is 404 g/mol. The summed E-state index contributed by atoms with van der Waals surface area (Å²) < 4.78 is 18.8. The van der Waals surface area contributed by atoms with Gasteiger partial charge in [-0.05, 0) is 38.6 Å². The summed E-state index contributed by atoms with van der Waals surface area (Å²) in [5.74, 6) is -0.824. The van der Waals surface area contributed by atoms with Gasteiger partial charge < -0.3 is 15.0 Å². The molecule has 1 aromatic rings. The SMILES string of the molecule is CCOC(=O)C1=C(CN2CCN(C)CC2)N(CC)C(=O)N[C@@H]1c1ccc(F)cc1. The maximum absolute atomic E-state index is 13.4. The van der Waals surface area contributed by atoms with Crippen LogP contribution in [0.3, 0.4) is 0 Å². The van der Waals surface area contributed by atoms with Gasteiger partial charge in [0, 0.05) is 45.0 Å². The first-order chi connectivity index (χ1) is 13.9. The summed E-state index contributed by atoms with van der Waals surface area (Å²) in [5.41, 5.74) is 1.72. The van der Waals surface area contributed by atoms with Gasteiger partial charge >= 0.3 is 12.0 Å². The number of benzene rings is 1. The first-order valence-corrected chi connectivity index (χ1v) is 10.1. The fourth-order valence-electron chi connectivity index (χ4n) is 3.78. The number of carbonyl (C=O) groups is 2. The minimum atomic E-state index is -0.674. The van der Waals surface area contributed by atoms with Crippen molar-refractivity contribution in [3.63, 3.8) is 0 Å². The van der Waals surface area contributed by atoms with Gasteiger partial charge in [-0.15, -0.1) is 0 Å². The second-order valence-corrected chi connectivity index (χ2v) is 7.34. The number of urea groups is 1. The molecule has 1 saturated heterocycles. The van der Waals surface area contributed by atoms with E-state index in [9.17, 15) is 14.0 Å². The summed E-state index contributed by atoms with van der Waals surface area (Å²) in [4.78, 5) is 31.9. The summed E-state index contributed by atoms with van der Waals surface area (Å²) in [6, 6.07) is 4.91. The van der Waals surface area contributed by atoms with E-state index < -0.39 is 12.0 Å². The number of ether oxygens (including phenoxy) is 1. The van der Waals surface area contributed by atoms with E-state index in [0.29, 0.717) is 29.9 Å². The molecule has 0 radical (unpaired) electrons. The van der Waals surface area contributed by atoms with Crippen molar-refractivity contribution in [3.8, 4) is 0 Å². The number of amides is 2. The van der Waals surface area contributed by atoms with E-state index in [1.807, 2.05) is 6.92 Å². The number of rotatable bonds is 6. The molecule has 2 amide bonds. The first kappa shape index (κ1) is 21.3. The van der Waals surface area contributed by atoms with Crippen molar-refractivity contribution in [1.29, 1.82) is 0 Å². The van der Waals surface area contributed by atoms with Gasteiger partial charge in [0.05, 0.1) is 18.2 Å². The quantitative estimate of drug-likeness (QED) is 0.735. The van der Waals surface area contributed by atoms with Gasteiger partial charge in [0.1, 0.15) is 5.82 Å². The topological polar surface area (TPSA) is 65.1 Å². The molecule has 29 heavy (non-hydrogen) atoms. The molecule has 7 nitrogen and oxygen atoms in total. The Hall–Kier alpha value is -2.45. The lowest BCUT2D eigenvalue weighted by molar-refractivity contribution is -0.139. The lowest BCUT2D eigenvalue weighted by atomic mass is 9.94. The molecule has 2 aliphatic rings. The van der Waals surface area contributed by atoms with Gasteiger partial charge in [-0.2, -0.15) is 0 Å². The van der Waals surface area contributed by atoms with Crippen molar-refractivity contribution < 1.29 is 18.7 Å². The Balaban J connectivity index is 2.04. The predicted molar refractivity (Wildman–Crippen MR) is 108 cm³/mol. The second-order valence-electron chi connectivity index (χ2n) is 7.34. The van der Waals surface area contributed by atoms with Crippen LogP contribution in [0.15, 0.2) is 35.5 Å². The van der Waals surface area contributed by atoms with Crippen LogP contribution in [-0.2, 0) is 9.53 Å². The molecular weight excluding hydrogens is 375 g/mol. The van der Waals surface area contributed by atoms with Crippen LogP contribution < -0.4 is 5.32 Å². The van der Waals surface area contributed by atoms with Crippen LogP contribution in [0.25, 0.3) is 0 Å². The number of piperazine rings is 1. The van der Waals surface area contributed by atoms with Crippen LogP contribution in [0.1, 0.15) is 25.5 Å². The summed E-state index contributed by atoms with van der Waals surface area (Å²) in [6.07, 6.45) is 0. The standard InChI is InChI=1S/C21H29FN4O3/c1-4-26-17(14-25-12-10-24(3)11-13-25)18(20(27)29-5-2)19(23-21(26)28)15-6-8-16(22)9-7-15/h6-9,19H,4-5,10-14H2,1-3H3,(H,23,28)/t19-/m1/s1.